The number of ether oxygens (including phenoxy) is 1. The van der Waals surface area contributed by atoms with Crippen LogP contribution in [0.3, 0.4) is 0 Å². The highest BCUT2D eigenvalue weighted by atomic mass is 32.2. The molecule has 3 heteroatoms. The molecule has 1 saturated carbocycles. The summed E-state index contributed by atoms with van der Waals surface area (Å²) in [5.74, 6) is 3.24. The Morgan fingerprint density at radius 1 is 1.26 bits per heavy atom. The van der Waals surface area contributed by atoms with Gasteiger partial charge in [0.2, 0.25) is 0 Å². The summed E-state index contributed by atoms with van der Waals surface area (Å²) in [5, 5.41) is 3.68. The van der Waals surface area contributed by atoms with Crippen LogP contribution in [0.2, 0.25) is 0 Å². The zero-order valence-electron chi connectivity index (χ0n) is 11.4. The van der Waals surface area contributed by atoms with Gasteiger partial charge in [-0.25, -0.2) is 0 Å². The van der Waals surface area contributed by atoms with Crippen LogP contribution in [0.1, 0.15) is 36.4 Å². The number of fused-ring (bicyclic) bond motifs is 1. The van der Waals surface area contributed by atoms with E-state index in [1.54, 1.807) is 0 Å². The minimum absolute atomic E-state index is 0.526. The molecule has 1 aliphatic carbocycles. The third-order valence-electron chi connectivity index (χ3n) is 3.88. The zero-order valence-corrected chi connectivity index (χ0v) is 12.3. The quantitative estimate of drug-likeness (QED) is 0.772. The van der Waals surface area contributed by atoms with Crippen LogP contribution in [-0.2, 0) is 10.5 Å². The van der Waals surface area contributed by atoms with Gasteiger partial charge < -0.3 is 10.1 Å². The van der Waals surface area contributed by atoms with E-state index in [9.17, 15) is 0 Å². The minimum Gasteiger partial charge on any atom is -0.381 e. The summed E-state index contributed by atoms with van der Waals surface area (Å²) < 4.78 is 5.67. The van der Waals surface area contributed by atoms with Crippen molar-refractivity contribution in [2.45, 2.75) is 31.1 Å². The van der Waals surface area contributed by atoms with Crippen molar-refractivity contribution in [1.82, 2.24) is 5.32 Å². The molecule has 0 spiro atoms. The molecule has 3 rings (SSSR count). The smallest absolute Gasteiger partial charge is 0.0494 e. The highest BCUT2D eigenvalue weighted by molar-refractivity contribution is 7.98. The fourth-order valence-electron chi connectivity index (χ4n) is 2.54. The van der Waals surface area contributed by atoms with Crippen molar-refractivity contribution < 1.29 is 4.74 Å². The van der Waals surface area contributed by atoms with E-state index in [1.807, 2.05) is 11.8 Å². The van der Waals surface area contributed by atoms with Crippen molar-refractivity contribution in [1.29, 1.82) is 0 Å². The lowest BCUT2D eigenvalue weighted by Crippen LogP contribution is -2.28. The van der Waals surface area contributed by atoms with E-state index in [0.29, 0.717) is 6.04 Å². The number of nitrogens with one attached hydrogen (secondary N) is 1. The monoisotopic (exact) mass is 277 g/mol. The Balaban J connectivity index is 1.38. The molecule has 1 atom stereocenters. The maximum atomic E-state index is 5.67. The highest BCUT2D eigenvalue weighted by Crippen LogP contribution is 2.31. The van der Waals surface area contributed by atoms with Crippen molar-refractivity contribution in [3.05, 3.63) is 35.4 Å². The lowest BCUT2D eigenvalue weighted by Gasteiger charge is -2.26. The number of thioether (sulfide) groups is 1. The Labute approximate surface area is 120 Å². The van der Waals surface area contributed by atoms with Crippen LogP contribution in [0.5, 0.6) is 0 Å². The Hall–Kier alpha value is -0.510. The molecule has 1 aromatic carbocycles. The molecule has 1 unspecified atom stereocenters. The van der Waals surface area contributed by atoms with Crippen LogP contribution in [0.15, 0.2) is 24.3 Å². The van der Waals surface area contributed by atoms with Crippen molar-refractivity contribution in [3.63, 3.8) is 0 Å². The van der Waals surface area contributed by atoms with Gasteiger partial charge in [0.1, 0.15) is 0 Å². The van der Waals surface area contributed by atoms with E-state index in [-0.39, 0.29) is 0 Å². The lowest BCUT2D eigenvalue weighted by molar-refractivity contribution is 0.121. The predicted molar refractivity (Wildman–Crippen MR) is 81.5 cm³/mol. The first-order chi connectivity index (χ1) is 9.43. The fourth-order valence-corrected chi connectivity index (χ4v) is 3.67. The summed E-state index contributed by atoms with van der Waals surface area (Å²) in [5.41, 5.74) is 3.00. The Morgan fingerprint density at radius 3 is 3.05 bits per heavy atom. The summed E-state index contributed by atoms with van der Waals surface area (Å²) in [4.78, 5) is 0. The molecule has 2 aliphatic rings. The molecule has 19 heavy (non-hydrogen) atoms. The number of benzene rings is 1. The summed E-state index contributed by atoms with van der Waals surface area (Å²) in [6.07, 6.45) is 3.89. The first-order valence-electron chi connectivity index (χ1n) is 7.40. The standard InChI is InChI=1S/C16H23NOS/c1-2-5-15-14(4-1)11-19-12-16(15)17-8-3-9-18-10-13-6-7-13/h1-2,4-5,13,16-17H,3,6-12H2. The molecule has 0 bridgehead atoms. The van der Waals surface area contributed by atoms with E-state index >= 15 is 0 Å². The van der Waals surface area contributed by atoms with Gasteiger partial charge in [0.25, 0.3) is 0 Å². The third-order valence-corrected chi connectivity index (χ3v) is 4.96. The molecule has 104 valence electrons. The van der Waals surface area contributed by atoms with E-state index < -0.39 is 0 Å². The van der Waals surface area contributed by atoms with Crippen LogP contribution in [-0.4, -0.2) is 25.5 Å². The maximum absolute atomic E-state index is 5.67. The van der Waals surface area contributed by atoms with Gasteiger partial charge in [0.15, 0.2) is 0 Å². The van der Waals surface area contributed by atoms with Crippen molar-refractivity contribution in [3.8, 4) is 0 Å². The molecule has 0 saturated heterocycles. The van der Waals surface area contributed by atoms with Crippen LogP contribution >= 0.6 is 11.8 Å². The average molecular weight is 277 g/mol. The summed E-state index contributed by atoms with van der Waals surface area (Å²) >= 11 is 2.03. The second-order valence-electron chi connectivity index (χ2n) is 5.59. The van der Waals surface area contributed by atoms with Crippen molar-refractivity contribution in [2.75, 3.05) is 25.5 Å². The minimum atomic E-state index is 0.526. The van der Waals surface area contributed by atoms with Gasteiger partial charge in [0.05, 0.1) is 0 Å². The second kappa shape index (κ2) is 6.78. The van der Waals surface area contributed by atoms with E-state index in [4.69, 9.17) is 4.74 Å². The highest BCUT2D eigenvalue weighted by Gasteiger charge is 2.21. The Morgan fingerprint density at radius 2 is 2.16 bits per heavy atom. The number of rotatable bonds is 7. The molecule has 2 nitrogen and oxygen atoms in total. The van der Waals surface area contributed by atoms with Gasteiger partial charge >= 0.3 is 0 Å². The van der Waals surface area contributed by atoms with Gasteiger partial charge in [-0.2, -0.15) is 11.8 Å². The topological polar surface area (TPSA) is 21.3 Å². The molecular formula is C16H23NOS. The second-order valence-corrected chi connectivity index (χ2v) is 6.62. The van der Waals surface area contributed by atoms with Crippen LogP contribution in [0.4, 0.5) is 0 Å². The van der Waals surface area contributed by atoms with Gasteiger partial charge in [0, 0.05) is 30.8 Å². The Kier molecular flexibility index (Phi) is 4.81. The zero-order chi connectivity index (χ0) is 12.9. The summed E-state index contributed by atoms with van der Waals surface area (Å²) in [6, 6.07) is 9.36. The van der Waals surface area contributed by atoms with Gasteiger partial charge in [-0.15, -0.1) is 0 Å². The lowest BCUT2D eigenvalue weighted by atomic mass is 10.0. The molecule has 0 amide bonds. The van der Waals surface area contributed by atoms with Crippen LogP contribution in [0.25, 0.3) is 0 Å². The SMILES string of the molecule is c1ccc2c(c1)CSCC2NCCCOCC1CC1. The van der Waals surface area contributed by atoms with E-state index in [0.717, 1.165) is 32.1 Å². The average Bonchev–Trinajstić information content (AvgIpc) is 3.27. The van der Waals surface area contributed by atoms with Crippen LogP contribution < -0.4 is 5.32 Å². The molecule has 1 N–H and O–H groups in total. The normalized spacial score (nSPS) is 22.2. The molecule has 1 fully saturated rings. The van der Waals surface area contributed by atoms with Gasteiger partial charge in [-0.05, 0) is 42.9 Å². The third kappa shape index (κ3) is 3.98. The Bertz CT molecular complexity index is 405. The number of hydrogen-bond acceptors (Lipinski definition) is 3. The summed E-state index contributed by atoms with van der Waals surface area (Å²) in [7, 11) is 0. The molecule has 1 aliphatic heterocycles. The first kappa shape index (κ1) is 13.5. The van der Waals surface area contributed by atoms with E-state index in [2.05, 4.69) is 29.6 Å². The maximum Gasteiger partial charge on any atom is 0.0494 e. The molecule has 1 heterocycles. The van der Waals surface area contributed by atoms with Crippen molar-refractivity contribution >= 4 is 11.8 Å². The molecular weight excluding hydrogens is 254 g/mol. The fraction of sp³-hybridized carbons (Fsp3) is 0.625. The summed E-state index contributed by atoms with van der Waals surface area (Å²) in [6.45, 7) is 2.96. The predicted octanol–water partition coefficient (Wildman–Crippen LogP) is 3.38. The first-order valence-corrected chi connectivity index (χ1v) is 8.55. The molecule has 1 aromatic rings. The van der Waals surface area contributed by atoms with Crippen molar-refractivity contribution in [2.24, 2.45) is 5.92 Å². The van der Waals surface area contributed by atoms with Gasteiger partial charge in [-0.3, -0.25) is 0 Å². The van der Waals surface area contributed by atoms with E-state index in [1.165, 1.54) is 35.5 Å². The van der Waals surface area contributed by atoms with Crippen LogP contribution in [0, 0.1) is 5.92 Å². The molecule has 0 radical (unpaired) electrons. The number of hydrogen-bond donors (Lipinski definition) is 1. The molecule has 0 aromatic heterocycles. The largest absolute Gasteiger partial charge is 0.381 e. The van der Waals surface area contributed by atoms with Gasteiger partial charge in [-0.1, -0.05) is 24.3 Å².